The van der Waals surface area contributed by atoms with Crippen molar-refractivity contribution in [2.45, 2.75) is 43.9 Å². The Morgan fingerprint density at radius 3 is 2.48 bits per heavy atom. The number of nitrogens with one attached hydrogen (secondary N) is 1. The number of methoxy groups -OCH3 is 1. The monoisotopic (exact) mass is 475 g/mol. The number of hydrogen-bond acceptors (Lipinski definition) is 6. The number of amides is 2. The average Bonchev–Trinajstić information content (AvgIpc) is 3.48. The molecule has 2 saturated heterocycles. The van der Waals surface area contributed by atoms with E-state index in [1.54, 1.807) is 47.0 Å². The molecule has 1 N–H and O–H groups in total. The molecule has 2 amide bonds. The van der Waals surface area contributed by atoms with Gasteiger partial charge in [0, 0.05) is 33.4 Å². The minimum absolute atomic E-state index is 0.0987. The number of rotatable bonds is 7. The Kier molecular flexibility index (Phi) is 6.30. The third-order valence-electron chi connectivity index (χ3n) is 6.44. The molecule has 2 bridgehead atoms. The van der Waals surface area contributed by atoms with E-state index in [0.717, 1.165) is 11.1 Å². The number of ether oxygens (including phenoxy) is 1. The predicted octanol–water partition coefficient (Wildman–Crippen LogP) is 0.587. The van der Waals surface area contributed by atoms with Crippen molar-refractivity contribution in [1.82, 2.24) is 24.3 Å². The van der Waals surface area contributed by atoms with Gasteiger partial charge in [-0.15, -0.1) is 0 Å². The number of sulfonamides is 1. The lowest BCUT2D eigenvalue weighted by Crippen LogP contribution is -2.52. The Bertz CT molecular complexity index is 1190. The molecule has 0 aliphatic carbocycles. The van der Waals surface area contributed by atoms with Crippen molar-refractivity contribution < 1.29 is 22.7 Å². The van der Waals surface area contributed by atoms with Crippen molar-refractivity contribution >= 4 is 21.8 Å². The lowest BCUT2D eigenvalue weighted by molar-refractivity contribution is -0.132. The van der Waals surface area contributed by atoms with E-state index in [1.165, 1.54) is 6.07 Å². The number of piperazine rings is 1. The molecule has 0 unspecified atom stereocenters. The van der Waals surface area contributed by atoms with Gasteiger partial charge in [0.2, 0.25) is 15.9 Å². The van der Waals surface area contributed by atoms with Crippen LogP contribution in [0.5, 0.6) is 0 Å². The number of aromatic nitrogens is 2. The zero-order chi connectivity index (χ0) is 23.9. The molecule has 4 rings (SSSR count). The second-order valence-electron chi connectivity index (χ2n) is 8.71. The van der Waals surface area contributed by atoms with E-state index in [-0.39, 0.29) is 41.9 Å². The van der Waals surface area contributed by atoms with Gasteiger partial charge in [0.05, 0.1) is 35.7 Å². The highest BCUT2D eigenvalue weighted by Crippen LogP contribution is 2.32. The average molecular weight is 476 g/mol. The van der Waals surface area contributed by atoms with Crippen molar-refractivity contribution in [2.24, 2.45) is 7.05 Å². The highest BCUT2D eigenvalue weighted by atomic mass is 32.2. The maximum Gasteiger partial charge on any atom is 0.257 e. The molecule has 1 aromatic heterocycles. The highest BCUT2D eigenvalue weighted by molar-refractivity contribution is 7.89. The van der Waals surface area contributed by atoms with Crippen molar-refractivity contribution in [3.05, 3.63) is 46.8 Å². The zero-order valence-electron chi connectivity index (χ0n) is 19.2. The molecular weight excluding hydrogens is 446 g/mol. The van der Waals surface area contributed by atoms with E-state index >= 15 is 0 Å². The maximum absolute atomic E-state index is 13.1. The molecule has 10 nitrogen and oxygen atoms in total. The normalized spacial score (nSPS) is 20.0. The Morgan fingerprint density at radius 2 is 1.85 bits per heavy atom. The second kappa shape index (κ2) is 8.88. The first-order chi connectivity index (χ1) is 15.6. The maximum atomic E-state index is 13.1. The number of carbonyl (C=O) groups is 2. The molecule has 2 aromatic rings. The molecule has 33 heavy (non-hydrogen) atoms. The van der Waals surface area contributed by atoms with Gasteiger partial charge in [-0.3, -0.25) is 14.3 Å². The minimum Gasteiger partial charge on any atom is -0.378 e. The van der Waals surface area contributed by atoms with Crippen LogP contribution >= 0.6 is 0 Å². The molecule has 2 aliphatic heterocycles. The molecule has 0 radical (unpaired) electrons. The largest absolute Gasteiger partial charge is 0.378 e. The third kappa shape index (κ3) is 4.53. The molecule has 178 valence electrons. The van der Waals surface area contributed by atoms with E-state index in [2.05, 4.69) is 9.82 Å². The topological polar surface area (TPSA) is 114 Å². The van der Waals surface area contributed by atoms with Crippen LogP contribution in [0.2, 0.25) is 0 Å². The smallest absolute Gasteiger partial charge is 0.257 e. The van der Waals surface area contributed by atoms with Gasteiger partial charge in [-0.25, -0.2) is 13.1 Å². The fourth-order valence-corrected chi connectivity index (χ4v) is 5.61. The van der Waals surface area contributed by atoms with Crippen LogP contribution in [0, 0.1) is 13.8 Å². The van der Waals surface area contributed by atoms with Crippen molar-refractivity contribution in [3.8, 4) is 0 Å². The van der Waals surface area contributed by atoms with Gasteiger partial charge in [0.1, 0.15) is 5.69 Å². The Morgan fingerprint density at radius 1 is 1.15 bits per heavy atom. The van der Waals surface area contributed by atoms with E-state index in [1.807, 2.05) is 13.8 Å². The van der Waals surface area contributed by atoms with Crippen molar-refractivity contribution in [1.29, 1.82) is 0 Å². The van der Waals surface area contributed by atoms with Crippen molar-refractivity contribution in [2.75, 3.05) is 26.7 Å². The van der Waals surface area contributed by atoms with Gasteiger partial charge in [0.25, 0.3) is 5.91 Å². The molecule has 0 spiro atoms. The fraction of sp³-hybridized carbons (Fsp3) is 0.500. The summed E-state index contributed by atoms with van der Waals surface area (Å²) in [4.78, 5) is 29.5. The SMILES string of the molecule is COCc1nn(C)cc1C(=O)N1C[C@@H]2C[C@H]1CN2C(=O)CNS(=O)(=O)c1ccc(C)c(C)c1. The van der Waals surface area contributed by atoms with Crippen molar-refractivity contribution in [3.63, 3.8) is 0 Å². The number of nitrogens with zero attached hydrogens (tertiary/aromatic N) is 4. The number of aryl methyl sites for hydroxylation is 3. The van der Waals surface area contributed by atoms with Gasteiger partial charge in [-0.2, -0.15) is 5.10 Å². The van der Waals surface area contributed by atoms with Gasteiger partial charge >= 0.3 is 0 Å². The summed E-state index contributed by atoms with van der Waals surface area (Å²) in [5, 5.41) is 4.30. The molecule has 2 aliphatic rings. The van der Waals surface area contributed by atoms with Crippen LogP contribution in [-0.4, -0.2) is 78.6 Å². The molecule has 2 atom stereocenters. The molecule has 0 saturated carbocycles. The Labute approximate surface area is 193 Å². The zero-order valence-corrected chi connectivity index (χ0v) is 20.1. The Hall–Kier alpha value is -2.76. The Balaban J connectivity index is 1.37. The first-order valence-corrected chi connectivity index (χ1v) is 12.3. The first kappa shape index (κ1) is 23.4. The van der Waals surface area contributed by atoms with Crippen LogP contribution in [-0.2, 0) is 33.2 Å². The van der Waals surface area contributed by atoms with Crippen LogP contribution in [0.4, 0.5) is 0 Å². The van der Waals surface area contributed by atoms with E-state index < -0.39 is 10.0 Å². The quantitative estimate of drug-likeness (QED) is 0.627. The first-order valence-electron chi connectivity index (χ1n) is 10.8. The highest BCUT2D eigenvalue weighted by Gasteiger charge is 2.47. The second-order valence-corrected chi connectivity index (χ2v) is 10.5. The van der Waals surface area contributed by atoms with Gasteiger partial charge in [-0.1, -0.05) is 6.07 Å². The van der Waals surface area contributed by atoms with E-state index in [0.29, 0.717) is 30.8 Å². The number of hydrogen-bond donors (Lipinski definition) is 1. The fourth-order valence-electron chi connectivity index (χ4n) is 4.56. The summed E-state index contributed by atoms with van der Waals surface area (Å²) >= 11 is 0. The molecule has 3 heterocycles. The minimum atomic E-state index is -3.79. The molecule has 11 heteroatoms. The summed E-state index contributed by atoms with van der Waals surface area (Å²) in [6.45, 7) is 4.49. The van der Waals surface area contributed by atoms with Crippen LogP contribution in [0.3, 0.4) is 0 Å². The number of benzene rings is 1. The summed E-state index contributed by atoms with van der Waals surface area (Å²) < 4.78 is 34.4. The number of carbonyl (C=O) groups excluding carboxylic acids is 2. The molecular formula is C22H29N5O5S. The summed E-state index contributed by atoms with van der Waals surface area (Å²) in [7, 11) is -0.479. The standard InChI is InChI=1S/C22H29N5O5S/c1-14-5-6-18(7-15(14)2)33(30,31)23-9-21(28)26-10-17-8-16(26)11-27(17)22(29)19-12-25(3)24-20(19)13-32-4/h5-7,12,16-17,23H,8-11,13H2,1-4H3/t16-,17-/m0/s1. The lowest BCUT2D eigenvalue weighted by Gasteiger charge is -2.34. The van der Waals surface area contributed by atoms with Crippen LogP contribution in [0.1, 0.15) is 33.6 Å². The molecule has 1 aromatic carbocycles. The lowest BCUT2D eigenvalue weighted by atomic mass is 10.1. The van der Waals surface area contributed by atoms with Gasteiger partial charge in [-0.05, 0) is 43.5 Å². The molecule has 2 fully saturated rings. The van der Waals surface area contributed by atoms with Crippen LogP contribution < -0.4 is 4.72 Å². The number of fused-ring (bicyclic) bond motifs is 2. The van der Waals surface area contributed by atoms with E-state index in [9.17, 15) is 18.0 Å². The van der Waals surface area contributed by atoms with Gasteiger partial charge < -0.3 is 14.5 Å². The van der Waals surface area contributed by atoms with Crippen LogP contribution in [0.25, 0.3) is 0 Å². The summed E-state index contributed by atoms with van der Waals surface area (Å²) in [5.74, 6) is -0.409. The summed E-state index contributed by atoms with van der Waals surface area (Å²) in [6, 6.07) is 4.65. The summed E-state index contributed by atoms with van der Waals surface area (Å²) in [6.07, 6.45) is 2.37. The summed E-state index contributed by atoms with van der Waals surface area (Å²) in [5.41, 5.74) is 2.96. The number of likely N-dealkylation sites (tertiary alicyclic amines) is 2. The van der Waals surface area contributed by atoms with Crippen LogP contribution in [0.15, 0.2) is 29.3 Å². The van der Waals surface area contributed by atoms with Gasteiger partial charge in [0.15, 0.2) is 0 Å². The predicted molar refractivity (Wildman–Crippen MR) is 120 cm³/mol. The van der Waals surface area contributed by atoms with E-state index in [4.69, 9.17) is 4.74 Å². The third-order valence-corrected chi connectivity index (χ3v) is 7.84.